The number of methoxy groups -OCH3 is 1. The second kappa shape index (κ2) is 6.41. The van der Waals surface area contributed by atoms with Crippen molar-refractivity contribution in [3.8, 4) is 40.0 Å². The van der Waals surface area contributed by atoms with Crippen LogP contribution in [0.25, 0.3) is 34.2 Å². The van der Waals surface area contributed by atoms with Crippen molar-refractivity contribution < 1.29 is 9.26 Å². The molecule has 0 amide bonds. The number of aromatic nitrogens is 4. The average molecular weight is 353 g/mol. The van der Waals surface area contributed by atoms with Crippen molar-refractivity contribution in [3.63, 3.8) is 0 Å². The van der Waals surface area contributed by atoms with Gasteiger partial charge in [0, 0.05) is 16.1 Å². The number of ether oxygens (including phenoxy) is 1. The van der Waals surface area contributed by atoms with Gasteiger partial charge in [-0.1, -0.05) is 28.9 Å². The maximum Gasteiger partial charge on any atom is 0.276 e. The first kappa shape index (κ1) is 15.4. The molecule has 2 heterocycles. The highest BCUT2D eigenvalue weighted by atomic mass is 35.5. The number of nitrogens with zero attached hydrogens (tertiary/aromatic N) is 3. The Balaban J connectivity index is 1.62. The van der Waals surface area contributed by atoms with Crippen LogP contribution in [0.5, 0.6) is 5.75 Å². The van der Waals surface area contributed by atoms with E-state index in [9.17, 15) is 0 Å². The van der Waals surface area contributed by atoms with Crippen molar-refractivity contribution in [2.45, 2.75) is 0 Å². The van der Waals surface area contributed by atoms with Crippen LogP contribution in [0.3, 0.4) is 0 Å². The molecule has 7 heteroatoms. The topological polar surface area (TPSA) is 76.8 Å². The fraction of sp³-hybridized carbons (Fsp3) is 0.0556. The molecule has 0 atom stereocenters. The van der Waals surface area contributed by atoms with Crippen LogP contribution in [-0.2, 0) is 0 Å². The van der Waals surface area contributed by atoms with Gasteiger partial charge in [-0.15, -0.1) is 0 Å². The lowest BCUT2D eigenvalue weighted by Gasteiger charge is -1.98. The third-order valence-electron chi connectivity index (χ3n) is 3.70. The number of benzene rings is 2. The molecule has 25 heavy (non-hydrogen) atoms. The first-order chi connectivity index (χ1) is 12.2. The lowest BCUT2D eigenvalue weighted by atomic mass is 10.1. The molecule has 4 aromatic rings. The molecule has 0 fully saturated rings. The number of hydrogen-bond donors (Lipinski definition) is 1. The Morgan fingerprint density at radius 3 is 2.64 bits per heavy atom. The number of rotatable bonds is 4. The molecule has 4 rings (SSSR count). The number of nitrogens with one attached hydrogen (secondary N) is 1. The molecule has 0 aliphatic carbocycles. The van der Waals surface area contributed by atoms with E-state index in [1.54, 1.807) is 7.11 Å². The predicted octanol–water partition coefficient (Wildman–Crippen LogP) is 4.46. The van der Waals surface area contributed by atoms with Crippen LogP contribution in [0.1, 0.15) is 0 Å². The van der Waals surface area contributed by atoms with Gasteiger partial charge in [0.25, 0.3) is 5.89 Å². The van der Waals surface area contributed by atoms with Crippen LogP contribution in [-0.4, -0.2) is 27.4 Å². The maximum atomic E-state index is 6.02. The highest BCUT2D eigenvalue weighted by Crippen LogP contribution is 2.26. The Bertz CT molecular complexity index is 1010. The monoisotopic (exact) mass is 352 g/mol. The predicted molar refractivity (Wildman–Crippen MR) is 94.3 cm³/mol. The molecule has 1 N–H and O–H groups in total. The fourth-order valence-electron chi connectivity index (χ4n) is 2.42. The summed E-state index contributed by atoms with van der Waals surface area (Å²) in [5.41, 5.74) is 3.14. The molecule has 0 unspecified atom stereocenters. The van der Waals surface area contributed by atoms with Crippen LogP contribution in [0.15, 0.2) is 59.1 Å². The van der Waals surface area contributed by atoms with Gasteiger partial charge in [0.15, 0.2) is 0 Å². The third kappa shape index (κ3) is 3.12. The van der Waals surface area contributed by atoms with Crippen molar-refractivity contribution in [2.75, 3.05) is 7.11 Å². The van der Waals surface area contributed by atoms with Crippen LogP contribution < -0.4 is 4.74 Å². The zero-order chi connectivity index (χ0) is 17.2. The van der Waals surface area contributed by atoms with Gasteiger partial charge in [0.1, 0.15) is 11.4 Å². The lowest BCUT2D eigenvalue weighted by Crippen LogP contribution is -1.84. The minimum absolute atomic E-state index is 0.367. The molecule has 0 radical (unpaired) electrons. The van der Waals surface area contributed by atoms with Crippen molar-refractivity contribution in [1.82, 2.24) is 20.3 Å². The Labute approximate surface area is 148 Å². The van der Waals surface area contributed by atoms with Gasteiger partial charge in [-0.25, -0.2) is 0 Å². The SMILES string of the molecule is COc1ccc(-c2noc(-c3cc(-c4cccc(Cl)c4)n[nH]3)n2)cc1. The van der Waals surface area contributed by atoms with Crippen molar-refractivity contribution >= 4 is 11.6 Å². The average Bonchev–Trinajstić information content (AvgIpc) is 3.31. The summed E-state index contributed by atoms with van der Waals surface area (Å²) >= 11 is 6.02. The molecule has 2 aromatic heterocycles. The van der Waals surface area contributed by atoms with E-state index in [1.807, 2.05) is 54.6 Å². The number of hydrogen-bond acceptors (Lipinski definition) is 5. The van der Waals surface area contributed by atoms with Gasteiger partial charge < -0.3 is 9.26 Å². The van der Waals surface area contributed by atoms with Crippen molar-refractivity contribution in [2.24, 2.45) is 0 Å². The second-order valence-electron chi connectivity index (χ2n) is 5.33. The molecule has 0 aliphatic rings. The molecule has 0 bridgehead atoms. The van der Waals surface area contributed by atoms with E-state index in [2.05, 4.69) is 20.3 Å². The Morgan fingerprint density at radius 2 is 1.88 bits per heavy atom. The van der Waals surface area contributed by atoms with E-state index in [4.69, 9.17) is 20.9 Å². The summed E-state index contributed by atoms with van der Waals surface area (Å²) in [6.45, 7) is 0. The largest absolute Gasteiger partial charge is 0.497 e. The standard InChI is InChI=1S/C18H13ClN4O2/c1-24-14-7-5-11(6-8-14)17-20-18(25-23-17)16-10-15(21-22-16)12-3-2-4-13(19)9-12/h2-10H,1H3,(H,21,22). The van der Waals surface area contributed by atoms with E-state index >= 15 is 0 Å². The molecule has 124 valence electrons. The van der Waals surface area contributed by atoms with Gasteiger partial charge >= 0.3 is 0 Å². The minimum Gasteiger partial charge on any atom is -0.497 e. The molecule has 0 saturated carbocycles. The number of halogens is 1. The Morgan fingerprint density at radius 1 is 1.04 bits per heavy atom. The van der Waals surface area contributed by atoms with E-state index in [0.29, 0.717) is 22.4 Å². The Kier molecular flexibility index (Phi) is 3.95. The highest BCUT2D eigenvalue weighted by molar-refractivity contribution is 6.30. The van der Waals surface area contributed by atoms with Gasteiger partial charge in [0.2, 0.25) is 5.82 Å². The van der Waals surface area contributed by atoms with Gasteiger partial charge in [-0.2, -0.15) is 10.1 Å². The molecule has 0 saturated heterocycles. The summed E-state index contributed by atoms with van der Waals surface area (Å²) in [7, 11) is 1.62. The summed E-state index contributed by atoms with van der Waals surface area (Å²) in [6, 6.07) is 16.8. The Hall–Kier alpha value is -3.12. The van der Waals surface area contributed by atoms with Gasteiger partial charge in [-0.05, 0) is 42.5 Å². The lowest BCUT2D eigenvalue weighted by molar-refractivity contribution is 0.414. The summed E-state index contributed by atoms with van der Waals surface area (Å²) in [5, 5.41) is 11.9. The van der Waals surface area contributed by atoms with Gasteiger partial charge in [-0.3, -0.25) is 5.10 Å². The maximum absolute atomic E-state index is 6.02. The first-order valence-electron chi connectivity index (χ1n) is 7.53. The van der Waals surface area contributed by atoms with Crippen LogP contribution in [0, 0.1) is 0 Å². The van der Waals surface area contributed by atoms with E-state index in [1.165, 1.54) is 0 Å². The van der Waals surface area contributed by atoms with Crippen LogP contribution in [0.4, 0.5) is 0 Å². The molecular formula is C18H13ClN4O2. The first-order valence-corrected chi connectivity index (χ1v) is 7.90. The van der Waals surface area contributed by atoms with Crippen LogP contribution in [0.2, 0.25) is 5.02 Å². The summed E-state index contributed by atoms with van der Waals surface area (Å²) < 4.78 is 10.5. The fourth-order valence-corrected chi connectivity index (χ4v) is 2.61. The zero-order valence-corrected chi connectivity index (χ0v) is 14.0. The third-order valence-corrected chi connectivity index (χ3v) is 3.94. The normalized spacial score (nSPS) is 10.8. The van der Waals surface area contributed by atoms with Crippen LogP contribution >= 0.6 is 11.6 Å². The smallest absolute Gasteiger partial charge is 0.276 e. The molecule has 0 aliphatic heterocycles. The molecule has 0 spiro atoms. The van der Waals surface area contributed by atoms with E-state index < -0.39 is 0 Å². The summed E-state index contributed by atoms with van der Waals surface area (Å²) in [4.78, 5) is 4.41. The molecular weight excluding hydrogens is 340 g/mol. The minimum atomic E-state index is 0.367. The highest BCUT2D eigenvalue weighted by Gasteiger charge is 2.14. The second-order valence-corrected chi connectivity index (χ2v) is 5.77. The van der Waals surface area contributed by atoms with E-state index in [-0.39, 0.29) is 0 Å². The van der Waals surface area contributed by atoms with Gasteiger partial charge in [0.05, 0.1) is 12.8 Å². The zero-order valence-electron chi connectivity index (χ0n) is 13.2. The molecule has 2 aromatic carbocycles. The van der Waals surface area contributed by atoms with E-state index in [0.717, 1.165) is 22.6 Å². The molecule has 6 nitrogen and oxygen atoms in total. The van der Waals surface area contributed by atoms with Crippen molar-refractivity contribution in [3.05, 3.63) is 59.6 Å². The quantitative estimate of drug-likeness (QED) is 0.587. The number of H-pyrrole nitrogens is 1. The van der Waals surface area contributed by atoms with Crippen molar-refractivity contribution in [1.29, 1.82) is 0 Å². The summed E-state index contributed by atoms with van der Waals surface area (Å²) in [6.07, 6.45) is 0. The number of aromatic amines is 1. The summed E-state index contributed by atoms with van der Waals surface area (Å²) in [5.74, 6) is 1.63.